The van der Waals surface area contributed by atoms with Crippen molar-refractivity contribution >= 4 is 23.4 Å². The molecular weight excluding hydrogens is 546 g/mol. The largest absolute Gasteiger partial charge is 0.494 e. The SMILES string of the molecule is CCOc1ccc(N2CC=C[C@@H]3O[C@]45C=CCN(C(C)(C)CC(C)(C)C)C(=O)C4N([C@@H](CC)CO)C(=O)[C@@H]5[C@@H]3C2=O)cc1. The number of fused-ring (bicyclic) bond motifs is 2. The van der Waals surface area contributed by atoms with Crippen LogP contribution in [0.3, 0.4) is 0 Å². The van der Waals surface area contributed by atoms with Gasteiger partial charge >= 0.3 is 0 Å². The Hall–Kier alpha value is -3.17. The molecule has 0 aliphatic carbocycles. The van der Waals surface area contributed by atoms with Crippen LogP contribution in [-0.4, -0.2) is 88.3 Å². The Balaban J connectivity index is 1.58. The van der Waals surface area contributed by atoms with E-state index in [2.05, 4.69) is 34.6 Å². The van der Waals surface area contributed by atoms with Crippen molar-refractivity contribution in [3.05, 3.63) is 48.6 Å². The summed E-state index contributed by atoms with van der Waals surface area (Å²) in [6, 6.07) is 5.78. The van der Waals surface area contributed by atoms with Gasteiger partial charge in [-0.2, -0.15) is 0 Å². The summed E-state index contributed by atoms with van der Waals surface area (Å²) >= 11 is 0. The lowest BCUT2D eigenvalue weighted by Gasteiger charge is -2.45. The van der Waals surface area contributed by atoms with Gasteiger partial charge in [-0.15, -0.1) is 0 Å². The van der Waals surface area contributed by atoms with Crippen molar-refractivity contribution in [1.82, 2.24) is 9.80 Å². The maximum Gasteiger partial charge on any atom is 0.249 e. The Labute approximate surface area is 255 Å². The average Bonchev–Trinajstić information content (AvgIpc) is 3.24. The topological polar surface area (TPSA) is 99.6 Å². The molecule has 0 aromatic heterocycles. The molecule has 6 atom stereocenters. The van der Waals surface area contributed by atoms with Gasteiger partial charge in [0.05, 0.1) is 37.2 Å². The molecule has 9 heteroatoms. The Kier molecular flexibility index (Phi) is 8.28. The van der Waals surface area contributed by atoms with Gasteiger partial charge in [0.15, 0.2) is 0 Å². The lowest BCUT2D eigenvalue weighted by atomic mass is 9.77. The van der Waals surface area contributed by atoms with Crippen molar-refractivity contribution in [2.45, 2.75) is 90.6 Å². The van der Waals surface area contributed by atoms with Crippen LogP contribution in [0.2, 0.25) is 0 Å². The van der Waals surface area contributed by atoms with Crippen LogP contribution < -0.4 is 9.64 Å². The predicted molar refractivity (Wildman–Crippen MR) is 164 cm³/mol. The summed E-state index contributed by atoms with van der Waals surface area (Å²) in [5.41, 5.74) is -1.19. The number of amides is 3. The highest BCUT2D eigenvalue weighted by Gasteiger charge is 2.72. The van der Waals surface area contributed by atoms with Crippen LogP contribution in [-0.2, 0) is 19.1 Å². The zero-order valence-electron chi connectivity index (χ0n) is 26.6. The number of rotatable bonds is 8. The molecule has 1 unspecified atom stereocenters. The number of likely N-dealkylation sites (tertiary alicyclic amines) is 1. The van der Waals surface area contributed by atoms with Gasteiger partial charge in [0, 0.05) is 24.3 Å². The lowest BCUT2D eigenvalue weighted by Crippen LogP contribution is -2.61. The highest BCUT2D eigenvalue weighted by molar-refractivity contribution is 6.04. The molecule has 2 saturated heterocycles. The summed E-state index contributed by atoms with van der Waals surface area (Å²) in [4.78, 5) is 48.7. The second-order valence-electron chi connectivity index (χ2n) is 14.0. The molecule has 1 N–H and O–H groups in total. The molecule has 1 spiro atoms. The molecule has 0 saturated carbocycles. The first-order chi connectivity index (χ1) is 20.3. The minimum Gasteiger partial charge on any atom is -0.494 e. The molecule has 1 aromatic carbocycles. The number of carbonyl (C=O) groups is 3. The number of benzene rings is 1. The van der Waals surface area contributed by atoms with Crippen molar-refractivity contribution in [2.75, 3.05) is 31.2 Å². The molecule has 3 amide bonds. The van der Waals surface area contributed by atoms with E-state index in [0.717, 1.165) is 6.42 Å². The second-order valence-corrected chi connectivity index (χ2v) is 14.0. The molecule has 234 valence electrons. The molecule has 1 aromatic rings. The van der Waals surface area contributed by atoms with E-state index in [-0.39, 0.29) is 29.7 Å². The lowest BCUT2D eigenvalue weighted by molar-refractivity contribution is -0.154. The summed E-state index contributed by atoms with van der Waals surface area (Å²) < 4.78 is 12.4. The number of carbonyl (C=O) groups excluding carboxylic acids is 3. The van der Waals surface area contributed by atoms with Crippen LogP contribution in [0.5, 0.6) is 5.75 Å². The number of anilines is 1. The predicted octanol–water partition coefficient (Wildman–Crippen LogP) is 3.95. The maximum atomic E-state index is 14.7. The van der Waals surface area contributed by atoms with E-state index in [0.29, 0.717) is 37.6 Å². The van der Waals surface area contributed by atoms with Crippen LogP contribution in [0.25, 0.3) is 0 Å². The fourth-order valence-electron chi connectivity index (χ4n) is 7.94. The molecule has 43 heavy (non-hydrogen) atoms. The molecular formula is C34H47N3O6. The van der Waals surface area contributed by atoms with Crippen LogP contribution >= 0.6 is 0 Å². The maximum absolute atomic E-state index is 14.7. The standard InChI is InChI=1S/C34H47N3O6/c1-8-22(20-38)37-28-31(41)36(33(6,7)21-32(3,4)5)19-11-17-34(28)27(30(37)40)26-25(43-34)12-10-18-35(29(26)39)23-13-15-24(16-14-23)42-9-2/h10-17,22,25-28,38H,8-9,18-21H2,1-7H3/t22-,25-,26+,27-,28?,34-/m0/s1. The first-order valence-corrected chi connectivity index (χ1v) is 15.6. The van der Waals surface area contributed by atoms with Gasteiger partial charge in [0.25, 0.3) is 0 Å². The second kappa shape index (κ2) is 11.4. The minimum atomic E-state index is -1.33. The van der Waals surface area contributed by atoms with Crippen molar-refractivity contribution < 1.29 is 29.0 Å². The normalized spacial score (nSPS) is 29.8. The molecule has 9 nitrogen and oxygen atoms in total. The third-order valence-corrected chi connectivity index (χ3v) is 9.33. The Bertz CT molecular complexity index is 1290. The van der Waals surface area contributed by atoms with Gasteiger partial charge in [-0.05, 0) is 63.3 Å². The van der Waals surface area contributed by atoms with Crippen molar-refractivity contribution in [3.8, 4) is 5.75 Å². The van der Waals surface area contributed by atoms with Gasteiger partial charge in [0.2, 0.25) is 17.7 Å². The molecule has 5 rings (SSSR count). The monoisotopic (exact) mass is 593 g/mol. The van der Waals surface area contributed by atoms with Crippen molar-refractivity contribution in [1.29, 1.82) is 0 Å². The van der Waals surface area contributed by atoms with Crippen molar-refractivity contribution in [3.63, 3.8) is 0 Å². The van der Waals surface area contributed by atoms with Crippen LogP contribution in [0.1, 0.15) is 61.3 Å². The van der Waals surface area contributed by atoms with Crippen LogP contribution in [0.4, 0.5) is 5.69 Å². The first-order valence-electron chi connectivity index (χ1n) is 15.6. The van der Waals surface area contributed by atoms with Gasteiger partial charge in [-0.3, -0.25) is 14.4 Å². The zero-order valence-corrected chi connectivity index (χ0v) is 26.6. The van der Waals surface area contributed by atoms with E-state index in [1.165, 1.54) is 0 Å². The fraction of sp³-hybridized carbons (Fsp3) is 0.618. The molecule has 4 heterocycles. The number of ether oxygens (including phenoxy) is 2. The molecule has 4 aliphatic heterocycles. The van der Waals surface area contributed by atoms with Gasteiger partial charge in [-0.1, -0.05) is 52.0 Å². The molecule has 2 fully saturated rings. The van der Waals surface area contributed by atoms with E-state index >= 15 is 0 Å². The van der Waals surface area contributed by atoms with E-state index < -0.39 is 41.2 Å². The Morgan fingerprint density at radius 2 is 1.70 bits per heavy atom. The van der Waals surface area contributed by atoms with E-state index in [4.69, 9.17) is 9.47 Å². The highest BCUT2D eigenvalue weighted by Crippen LogP contribution is 2.54. The summed E-state index contributed by atoms with van der Waals surface area (Å²) in [5, 5.41) is 10.4. The smallest absolute Gasteiger partial charge is 0.249 e. The molecule has 0 bridgehead atoms. The van der Waals surface area contributed by atoms with Crippen LogP contribution in [0, 0.1) is 17.3 Å². The Morgan fingerprint density at radius 3 is 2.30 bits per heavy atom. The fourth-order valence-corrected chi connectivity index (χ4v) is 7.94. The average molecular weight is 594 g/mol. The third-order valence-electron chi connectivity index (χ3n) is 9.33. The number of hydrogen-bond donors (Lipinski definition) is 1. The van der Waals surface area contributed by atoms with Crippen LogP contribution in [0.15, 0.2) is 48.6 Å². The van der Waals surface area contributed by atoms with Gasteiger partial charge < -0.3 is 29.3 Å². The number of hydrogen-bond acceptors (Lipinski definition) is 6. The van der Waals surface area contributed by atoms with E-state index in [1.807, 2.05) is 67.3 Å². The summed E-state index contributed by atoms with van der Waals surface area (Å²) in [7, 11) is 0. The molecule has 0 radical (unpaired) electrons. The van der Waals surface area contributed by atoms with Crippen molar-refractivity contribution in [2.24, 2.45) is 17.3 Å². The Morgan fingerprint density at radius 1 is 1.00 bits per heavy atom. The van der Waals surface area contributed by atoms with Gasteiger partial charge in [-0.25, -0.2) is 0 Å². The zero-order chi connectivity index (χ0) is 31.3. The minimum absolute atomic E-state index is 0.0408. The first kappa shape index (κ1) is 31.3. The number of aliphatic hydroxyl groups excluding tert-OH is 1. The van der Waals surface area contributed by atoms with E-state index in [9.17, 15) is 19.5 Å². The molecule has 4 aliphatic rings. The van der Waals surface area contributed by atoms with Gasteiger partial charge in [0.1, 0.15) is 17.4 Å². The van der Waals surface area contributed by atoms with E-state index in [1.54, 1.807) is 9.80 Å². The summed E-state index contributed by atoms with van der Waals surface area (Å²) in [6.07, 6.45) is 8.11. The quantitative estimate of drug-likeness (QED) is 0.459. The number of nitrogens with zero attached hydrogens (tertiary/aromatic N) is 3. The number of aliphatic hydroxyl groups is 1. The summed E-state index contributed by atoms with van der Waals surface area (Å²) in [6.45, 7) is 15.3. The summed E-state index contributed by atoms with van der Waals surface area (Å²) in [5.74, 6) is -1.77. The third kappa shape index (κ3) is 5.29. The highest BCUT2D eigenvalue weighted by atomic mass is 16.5.